The van der Waals surface area contributed by atoms with Crippen LogP contribution in [-0.4, -0.2) is 43.0 Å². The third-order valence-corrected chi connectivity index (χ3v) is 2.99. The van der Waals surface area contributed by atoms with Crippen LogP contribution in [-0.2, 0) is 0 Å². The maximum Gasteiger partial charge on any atom is 0.254 e. The summed E-state index contributed by atoms with van der Waals surface area (Å²) in [5, 5.41) is 3.12. The lowest BCUT2D eigenvalue weighted by Gasteiger charge is -2.35. The molecule has 1 aliphatic heterocycles. The average molecular weight is 255 g/mol. The van der Waals surface area contributed by atoms with Crippen molar-refractivity contribution in [3.05, 3.63) is 35.4 Å². The van der Waals surface area contributed by atoms with Crippen LogP contribution in [0.15, 0.2) is 18.2 Å². The Labute approximate surface area is 104 Å². The number of benzene rings is 1. The molecule has 2 rings (SSSR count). The number of carbonyl (C=O) groups is 1. The van der Waals surface area contributed by atoms with Gasteiger partial charge in [-0.2, -0.15) is 0 Å². The van der Waals surface area contributed by atoms with E-state index < -0.39 is 11.6 Å². The first-order valence-electron chi connectivity index (χ1n) is 5.79. The van der Waals surface area contributed by atoms with Crippen molar-refractivity contribution < 1.29 is 13.6 Å². The van der Waals surface area contributed by atoms with Crippen LogP contribution in [0.2, 0.25) is 0 Å². The highest BCUT2D eigenvalue weighted by molar-refractivity contribution is 5.94. The number of piperazine rings is 1. The van der Waals surface area contributed by atoms with Crippen molar-refractivity contribution >= 4 is 5.91 Å². The number of halogens is 2. The molecule has 1 unspecified atom stereocenters. The van der Waals surface area contributed by atoms with Gasteiger partial charge in [-0.3, -0.25) is 4.79 Å². The van der Waals surface area contributed by atoms with Gasteiger partial charge in [0, 0.05) is 37.8 Å². The normalized spacial score (nSPS) is 19.9. The molecule has 0 saturated carbocycles. The monoisotopic (exact) mass is 255 g/mol. The maximum absolute atomic E-state index is 13.1. The molecule has 1 saturated heterocycles. The lowest BCUT2D eigenvalue weighted by Crippen LogP contribution is -2.56. The number of hydrogen-bond donors (Lipinski definition) is 2. The number of hydrogen-bond acceptors (Lipinski definition) is 3. The standard InChI is InChI=1S/C12H15F2N3O/c13-9-3-8(4-10(14)5-9)12(18)17-2-1-16-7-11(17)6-15/h3-5,11,16H,1-2,6-7,15H2. The van der Waals surface area contributed by atoms with Gasteiger partial charge < -0.3 is 16.0 Å². The van der Waals surface area contributed by atoms with Crippen molar-refractivity contribution in [2.24, 2.45) is 5.73 Å². The molecule has 0 radical (unpaired) electrons. The molecule has 1 aromatic carbocycles. The fourth-order valence-electron chi connectivity index (χ4n) is 2.08. The van der Waals surface area contributed by atoms with Crippen LogP contribution < -0.4 is 11.1 Å². The highest BCUT2D eigenvalue weighted by atomic mass is 19.1. The third-order valence-electron chi connectivity index (χ3n) is 2.99. The van der Waals surface area contributed by atoms with Gasteiger partial charge in [0.25, 0.3) is 5.91 Å². The van der Waals surface area contributed by atoms with E-state index in [1.165, 1.54) is 0 Å². The van der Waals surface area contributed by atoms with Crippen LogP contribution in [0.4, 0.5) is 8.78 Å². The Hall–Kier alpha value is -1.53. The number of carbonyl (C=O) groups excluding carboxylic acids is 1. The molecule has 6 heteroatoms. The second-order valence-electron chi connectivity index (χ2n) is 4.25. The van der Waals surface area contributed by atoms with Gasteiger partial charge in [-0.25, -0.2) is 8.78 Å². The number of nitrogens with zero attached hydrogens (tertiary/aromatic N) is 1. The largest absolute Gasteiger partial charge is 0.332 e. The van der Waals surface area contributed by atoms with Gasteiger partial charge in [0.1, 0.15) is 11.6 Å². The molecule has 1 atom stereocenters. The molecule has 0 spiro atoms. The molecular weight excluding hydrogens is 240 g/mol. The van der Waals surface area contributed by atoms with E-state index in [2.05, 4.69) is 5.32 Å². The zero-order chi connectivity index (χ0) is 13.1. The van der Waals surface area contributed by atoms with E-state index in [-0.39, 0.29) is 17.5 Å². The van der Waals surface area contributed by atoms with Gasteiger partial charge in [-0.1, -0.05) is 0 Å². The van der Waals surface area contributed by atoms with Crippen LogP contribution in [0, 0.1) is 11.6 Å². The number of nitrogens with one attached hydrogen (secondary N) is 1. The van der Waals surface area contributed by atoms with Crippen LogP contribution in [0.1, 0.15) is 10.4 Å². The Morgan fingerprint density at radius 2 is 2.06 bits per heavy atom. The quantitative estimate of drug-likeness (QED) is 0.801. The summed E-state index contributed by atoms with van der Waals surface area (Å²) in [6.07, 6.45) is 0. The van der Waals surface area contributed by atoms with E-state index in [4.69, 9.17) is 5.73 Å². The lowest BCUT2D eigenvalue weighted by atomic mass is 10.1. The molecule has 4 nitrogen and oxygen atoms in total. The minimum Gasteiger partial charge on any atom is -0.332 e. The predicted octanol–water partition coefficient (Wildman–Crippen LogP) is 0.338. The van der Waals surface area contributed by atoms with E-state index in [1.54, 1.807) is 4.90 Å². The van der Waals surface area contributed by atoms with E-state index in [1.807, 2.05) is 0 Å². The van der Waals surface area contributed by atoms with Crippen LogP contribution in [0.3, 0.4) is 0 Å². The van der Waals surface area contributed by atoms with Crippen LogP contribution >= 0.6 is 0 Å². The SMILES string of the molecule is NCC1CNCCN1C(=O)c1cc(F)cc(F)c1. The molecule has 18 heavy (non-hydrogen) atoms. The molecule has 1 fully saturated rings. The van der Waals surface area contributed by atoms with Crippen LogP contribution in [0.5, 0.6) is 0 Å². The Balaban J connectivity index is 2.23. The van der Waals surface area contributed by atoms with Gasteiger partial charge in [0.15, 0.2) is 0 Å². The molecule has 0 bridgehead atoms. The number of rotatable bonds is 2. The van der Waals surface area contributed by atoms with E-state index in [0.717, 1.165) is 18.2 Å². The lowest BCUT2D eigenvalue weighted by molar-refractivity contribution is 0.0643. The highest BCUT2D eigenvalue weighted by Gasteiger charge is 2.26. The molecule has 0 aliphatic carbocycles. The zero-order valence-electron chi connectivity index (χ0n) is 9.83. The minimum atomic E-state index is -0.752. The summed E-state index contributed by atoms with van der Waals surface area (Å²) in [7, 11) is 0. The van der Waals surface area contributed by atoms with Gasteiger partial charge in [-0.15, -0.1) is 0 Å². The van der Waals surface area contributed by atoms with Gasteiger partial charge in [0.2, 0.25) is 0 Å². The first-order chi connectivity index (χ1) is 8.61. The topological polar surface area (TPSA) is 58.4 Å². The van der Waals surface area contributed by atoms with E-state index >= 15 is 0 Å². The Bertz CT molecular complexity index is 433. The molecular formula is C12H15F2N3O. The van der Waals surface area contributed by atoms with Gasteiger partial charge >= 0.3 is 0 Å². The summed E-state index contributed by atoms with van der Waals surface area (Å²) in [4.78, 5) is 13.7. The Morgan fingerprint density at radius 3 is 2.67 bits per heavy atom. The van der Waals surface area contributed by atoms with Crippen molar-refractivity contribution in [1.82, 2.24) is 10.2 Å². The summed E-state index contributed by atoms with van der Waals surface area (Å²) in [5.74, 6) is -1.89. The molecule has 3 N–H and O–H groups in total. The van der Waals surface area contributed by atoms with Crippen molar-refractivity contribution in [3.63, 3.8) is 0 Å². The molecule has 1 heterocycles. The van der Waals surface area contributed by atoms with Crippen LogP contribution in [0.25, 0.3) is 0 Å². The molecule has 0 aromatic heterocycles. The summed E-state index contributed by atoms with van der Waals surface area (Å²) < 4.78 is 26.2. The van der Waals surface area contributed by atoms with Crippen molar-refractivity contribution in [2.75, 3.05) is 26.2 Å². The van der Waals surface area contributed by atoms with Crippen molar-refractivity contribution in [2.45, 2.75) is 6.04 Å². The van der Waals surface area contributed by atoms with Gasteiger partial charge in [0.05, 0.1) is 6.04 Å². The van der Waals surface area contributed by atoms with Crippen molar-refractivity contribution in [3.8, 4) is 0 Å². The van der Waals surface area contributed by atoms with Gasteiger partial charge in [-0.05, 0) is 12.1 Å². The second kappa shape index (κ2) is 5.41. The Kier molecular flexibility index (Phi) is 3.88. The first-order valence-corrected chi connectivity index (χ1v) is 5.79. The highest BCUT2D eigenvalue weighted by Crippen LogP contribution is 2.13. The minimum absolute atomic E-state index is 0.0212. The fourth-order valence-corrected chi connectivity index (χ4v) is 2.08. The maximum atomic E-state index is 13.1. The summed E-state index contributed by atoms with van der Waals surface area (Å²) in [6, 6.07) is 2.69. The summed E-state index contributed by atoms with van der Waals surface area (Å²) >= 11 is 0. The fraction of sp³-hybridized carbons (Fsp3) is 0.417. The summed E-state index contributed by atoms with van der Waals surface area (Å²) in [5.41, 5.74) is 5.61. The van der Waals surface area contributed by atoms with Crippen molar-refractivity contribution in [1.29, 1.82) is 0 Å². The number of nitrogens with two attached hydrogens (primary N) is 1. The van der Waals surface area contributed by atoms with E-state index in [0.29, 0.717) is 26.2 Å². The molecule has 1 amide bonds. The smallest absolute Gasteiger partial charge is 0.254 e. The molecule has 1 aliphatic rings. The zero-order valence-corrected chi connectivity index (χ0v) is 9.83. The Morgan fingerprint density at radius 1 is 1.39 bits per heavy atom. The third kappa shape index (κ3) is 2.65. The second-order valence-corrected chi connectivity index (χ2v) is 4.25. The predicted molar refractivity (Wildman–Crippen MR) is 63.1 cm³/mol. The van der Waals surface area contributed by atoms with E-state index in [9.17, 15) is 13.6 Å². The molecule has 1 aromatic rings. The average Bonchev–Trinajstić information content (AvgIpc) is 2.36. The number of amides is 1. The first kappa shape index (κ1) is 12.9. The molecule has 98 valence electrons. The summed E-state index contributed by atoms with van der Waals surface area (Å²) in [6.45, 7) is 2.05.